The van der Waals surface area contributed by atoms with E-state index in [9.17, 15) is 0 Å². The maximum absolute atomic E-state index is 6.56. The normalized spacial score (nSPS) is 24.6. The van der Waals surface area contributed by atoms with Gasteiger partial charge in [-0.25, -0.2) is 4.98 Å². The molecule has 2 heterocycles. The van der Waals surface area contributed by atoms with Crippen LogP contribution in [0.2, 0.25) is 0 Å². The van der Waals surface area contributed by atoms with E-state index in [4.69, 9.17) is 10.7 Å². The summed E-state index contributed by atoms with van der Waals surface area (Å²) in [4.78, 5) is 8.67. The van der Waals surface area contributed by atoms with Gasteiger partial charge in [0.2, 0.25) is 0 Å². The molecule has 3 rings (SSSR count). The highest BCUT2D eigenvalue weighted by Gasteiger charge is 2.34. The van der Waals surface area contributed by atoms with Crippen molar-refractivity contribution in [1.82, 2.24) is 9.88 Å². The van der Waals surface area contributed by atoms with Crippen LogP contribution in [0.3, 0.4) is 0 Å². The first kappa shape index (κ1) is 11.6. The molecule has 4 heteroatoms. The second-order valence-electron chi connectivity index (χ2n) is 5.59. The summed E-state index contributed by atoms with van der Waals surface area (Å²) in [6.45, 7) is 2.19. The zero-order chi connectivity index (χ0) is 11.9. The molecule has 1 aromatic rings. The molecular formula is C13H21N3S. The Kier molecular flexibility index (Phi) is 2.97. The van der Waals surface area contributed by atoms with Crippen LogP contribution in [0.4, 0.5) is 0 Å². The summed E-state index contributed by atoms with van der Waals surface area (Å²) >= 11 is 1.87. The minimum absolute atomic E-state index is 0.112. The van der Waals surface area contributed by atoms with Crippen LogP contribution >= 0.6 is 11.3 Å². The molecule has 3 nitrogen and oxygen atoms in total. The molecule has 0 spiro atoms. The number of fused-ring (bicyclic) bond motifs is 1. The second-order valence-corrected chi connectivity index (χ2v) is 6.68. The van der Waals surface area contributed by atoms with Gasteiger partial charge in [0.15, 0.2) is 0 Å². The summed E-state index contributed by atoms with van der Waals surface area (Å²) in [6, 6.07) is 0. The third-order valence-electron chi connectivity index (χ3n) is 4.09. The van der Waals surface area contributed by atoms with Crippen LogP contribution in [0.1, 0.15) is 47.7 Å². The molecule has 94 valence electrons. The SMILES string of the molecule is CN1CCc2nc(C3(N)CCCCC3)sc2C1. The average Bonchev–Trinajstić information content (AvgIpc) is 2.73. The third-order valence-corrected chi connectivity index (χ3v) is 5.40. The first-order valence-corrected chi connectivity index (χ1v) is 7.45. The van der Waals surface area contributed by atoms with Gasteiger partial charge in [0, 0.05) is 24.4 Å². The summed E-state index contributed by atoms with van der Waals surface area (Å²) in [5, 5.41) is 1.21. The maximum atomic E-state index is 6.56. The molecule has 0 bridgehead atoms. The first-order chi connectivity index (χ1) is 8.17. The van der Waals surface area contributed by atoms with Crippen LogP contribution in [-0.4, -0.2) is 23.5 Å². The number of aromatic nitrogens is 1. The van der Waals surface area contributed by atoms with Crippen molar-refractivity contribution in [1.29, 1.82) is 0 Å². The summed E-state index contributed by atoms with van der Waals surface area (Å²) < 4.78 is 0. The first-order valence-electron chi connectivity index (χ1n) is 6.64. The zero-order valence-corrected chi connectivity index (χ0v) is 11.4. The molecule has 2 N–H and O–H groups in total. The molecule has 1 saturated carbocycles. The van der Waals surface area contributed by atoms with Gasteiger partial charge in [0.25, 0.3) is 0 Å². The number of thiazole rings is 1. The van der Waals surface area contributed by atoms with Gasteiger partial charge in [-0.1, -0.05) is 19.3 Å². The lowest BCUT2D eigenvalue weighted by Gasteiger charge is -2.31. The van der Waals surface area contributed by atoms with E-state index in [1.54, 1.807) is 0 Å². The van der Waals surface area contributed by atoms with Crippen LogP contribution in [0.15, 0.2) is 0 Å². The van der Waals surface area contributed by atoms with Crippen molar-refractivity contribution in [3.05, 3.63) is 15.6 Å². The van der Waals surface area contributed by atoms with E-state index in [2.05, 4.69) is 11.9 Å². The Morgan fingerprint density at radius 3 is 2.82 bits per heavy atom. The van der Waals surface area contributed by atoms with Gasteiger partial charge in [0.1, 0.15) is 5.01 Å². The fraction of sp³-hybridized carbons (Fsp3) is 0.769. The molecule has 0 atom stereocenters. The summed E-state index contributed by atoms with van der Waals surface area (Å²) in [5.41, 5.74) is 7.77. The van der Waals surface area contributed by atoms with Gasteiger partial charge in [0.05, 0.1) is 11.2 Å². The fourth-order valence-electron chi connectivity index (χ4n) is 2.93. The van der Waals surface area contributed by atoms with Crippen LogP contribution in [0.5, 0.6) is 0 Å². The molecule has 0 radical (unpaired) electrons. The molecule has 17 heavy (non-hydrogen) atoms. The van der Waals surface area contributed by atoms with Crippen LogP contribution in [-0.2, 0) is 18.5 Å². The van der Waals surface area contributed by atoms with Gasteiger partial charge in [-0.3, -0.25) is 0 Å². The van der Waals surface area contributed by atoms with Crippen LogP contribution in [0.25, 0.3) is 0 Å². The van der Waals surface area contributed by atoms with Gasteiger partial charge >= 0.3 is 0 Å². The Morgan fingerprint density at radius 2 is 2.06 bits per heavy atom. The lowest BCUT2D eigenvalue weighted by molar-refractivity contribution is 0.299. The molecule has 1 aliphatic heterocycles. The van der Waals surface area contributed by atoms with E-state index in [1.807, 2.05) is 11.3 Å². The van der Waals surface area contributed by atoms with E-state index in [0.29, 0.717) is 0 Å². The van der Waals surface area contributed by atoms with Crippen molar-refractivity contribution in [3.63, 3.8) is 0 Å². The molecule has 1 aromatic heterocycles. The van der Waals surface area contributed by atoms with Crippen molar-refractivity contribution in [2.45, 2.75) is 50.6 Å². The van der Waals surface area contributed by atoms with Gasteiger partial charge in [-0.2, -0.15) is 0 Å². The molecule has 0 unspecified atom stereocenters. The minimum atomic E-state index is -0.112. The Bertz CT molecular complexity index is 407. The van der Waals surface area contributed by atoms with Crippen LogP contribution < -0.4 is 5.73 Å². The van der Waals surface area contributed by atoms with Gasteiger partial charge in [-0.05, 0) is 19.9 Å². The van der Waals surface area contributed by atoms with E-state index < -0.39 is 0 Å². The van der Waals surface area contributed by atoms with E-state index in [1.165, 1.54) is 34.8 Å². The molecule has 2 aliphatic rings. The number of nitrogens with zero attached hydrogens (tertiary/aromatic N) is 2. The molecule has 1 aliphatic carbocycles. The standard InChI is InChI=1S/C13H21N3S/c1-16-8-5-10-11(9-16)17-12(15-10)13(14)6-3-2-4-7-13/h2-9,14H2,1H3. The third kappa shape index (κ3) is 2.14. The maximum Gasteiger partial charge on any atom is 0.113 e. The summed E-state index contributed by atoms with van der Waals surface area (Å²) in [5.74, 6) is 0. The van der Waals surface area contributed by atoms with E-state index in [0.717, 1.165) is 32.4 Å². The van der Waals surface area contributed by atoms with Crippen LogP contribution in [0, 0.1) is 0 Å². The summed E-state index contributed by atoms with van der Waals surface area (Å²) in [7, 11) is 2.18. The molecule has 0 aromatic carbocycles. The number of rotatable bonds is 1. The van der Waals surface area contributed by atoms with E-state index >= 15 is 0 Å². The van der Waals surface area contributed by atoms with Gasteiger partial charge < -0.3 is 10.6 Å². The predicted molar refractivity (Wildman–Crippen MR) is 71.1 cm³/mol. The Hall–Kier alpha value is -0.450. The predicted octanol–water partition coefficient (Wildman–Crippen LogP) is 2.25. The monoisotopic (exact) mass is 251 g/mol. The summed E-state index contributed by atoms with van der Waals surface area (Å²) in [6.07, 6.45) is 7.21. The van der Waals surface area contributed by atoms with Crippen molar-refractivity contribution in [3.8, 4) is 0 Å². The zero-order valence-electron chi connectivity index (χ0n) is 10.5. The smallest absolute Gasteiger partial charge is 0.113 e. The second kappa shape index (κ2) is 4.34. The molecule has 0 saturated heterocycles. The Labute approximate surface area is 107 Å². The fourth-order valence-corrected chi connectivity index (χ4v) is 4.28. The van der Waals surface area contributed by atoms with Crippen molar-refractivity contribution >= 4 is 11.3 Å². The lowest BCUT2D eigenvalue weighted by atomic mass is 9.83. The van der Waals surface area contributed by atoms with E-state index in [-0.39, 0.29) is 5.54 Å². The number of likely N-dealkylation sites (N-methyl/N-ethyl adjacent to an activating group) is 1. The average molecular weight is 251 g/mol. The quantitative estimate of drug-likeness (QED) is 0.832. The van der Waals surface area contributed by atoms with Gasteiger partial charge in [-0.15, -0.1) is 11.3 Å². The molecular weight excluding hydrogens is 230 g/mol. The largest absolute Gasteiger partial charge is 0.319 e. The highest BCUT2D eigenvalue weighted by molar-refractivity contribution is 7.11. The lowest BCUT2D eigenvalue weighted by Crippen LogP contribution is -2.38. The number of hydrogen-bond donors (Lipinski definition) is 1. The van der Waals surface area contributed by atoms with Crippen molar-refractivity contribution in [2.24, 2.45) is 5.73 Å². The topological polar surface area (TPSA) is 42.2 Å². The Morgan fingerprint density at radius 1 is 1.29 bits per heavy atom. The highest BCUT2D eigenvalue weighted by Crippen LogP contribution is 2.38. The Balaban J connectivity index is 1.88. The molecule has 1 fully saturated rings. The van der Waals surface area contributed by atoms with Crippen molar-refractivity contribution < 1.29 is 0 Å². The van der Waals surface area contributed by atoms with Crippen molar-refractivity contribution in [2.75, 3.05) is 13.6 Å². The number of hydrogen-bond acceptors (Lipinski definition) is 4. The minimum Gasteiger partial charge on any atom is -0.319 e. The highest BCUT2D eigenvalue weighted by atomic mass is 32.1. The molecule has 0 amide bonds. The number of nitrogens with two attached hydrogens (primary N) is 1.